The summed E-state index contributed by atoms with van der Waals surface area (Å²) in [7, 11) is 0. The zero-order chi connectivity index (χ0) is 18.2. The molecule has 0 spiro atoms. The van der Waals surface area contributed by atoms with Crippen molar-refractivity contribution in [2.75, 3.05) is 0 Å². The third-order valence-corrected chi connectivity index (χ3v) is 4.46. The summed E-state index contributed by atoms with van der Waals surface area (Å²) in [6, 6.07) is 16.7. The molecule has 0 aliphatic rings. The predicted molar refractivity (Wildman–Crippen MR) is 104 cm³/mol. The third kappa shape index (κ3) is 3.66. The van der Waals surface area contributed by atoms with Crippen LogP contribution in [0.5, 0.6) is 0 Å². The molecule has 0 atom stereocenters. The van der Waals surface area contributed by atoms with E-state index in [0.717, 1.165) is 33.3 Å². The van der Waals surface area contributed by atoms with Crippen molar-refractivity contribution < 1.29 is 9.90 Å². The Balaban J connectivity index is 2.04. The minimum absolute atomic E-state index is 0.105. The average molecular weight is 333 g/mol. The quantitative estimate of drug-likeness (QED) is 0.611. The monoisotopic (exact) mass is 333 g/mol. The molecule has 2 N–H and O–H groups in total. The Morgan fingerprint density at radius 3 is 2.52 bits per heavy atom. The number of allylic oxidation sites excluding steroid dienone is 1. The molecule has 3 aromatic rings. The molecule has 2 aromatic carbocycles. The fourth-order valence-corrected chi connectivity index (χ4v) is 2.96. The summed E-state index contributed by atoms with van der Waals surface area (Å²) < 4.78 is 0. The molecule has 0 radical (unpaired) electrons. The molecular formula is C22H23NO2. The van der Waals surface area contributed by atoms with Crippen molar-refractivity contribution in [3.8, 4) is 11.3 Å². The minimum Gasteiger partial charge on any atom is -0.478 e. The lowest BCUT2D eigenvalue weighted by molar-refractivity contribution is -0.131. The number of hydrogen-bond acceptors (Lipinski definition) is 1. The highest BCUT2D eigenvalue weighted by Crippen LogP contribution is 2.30. The van der Waals surface area contributed by atoms with Gasteiger partial charge >= 0.3 is 5.97 Å². The second-order valence-corrected chi connectivity index (χ2v) is 7.48. The summed E-state index contributed by atoms with van der Waals surface area (Å²) in [5, 5.41) is 10.00. The second kappa shape index (κ2) is 6.25. The SMILES string of the molecule is C/C(=C\C(=O)O)c1ccc2[nH]c(-c3cccc(C(C)(C)C)c3)cc2c1. The molecule has 0 saturated heterocycles. The van der Waals surface area contributed by atoms with E-state index >= 15 is 0 Å². The summed E-state index contributed by atoms with van der Waals surface area (Å²) in [4.78, 5) is 14.3. The number of rotatable bonds is 3. The maximum atomic E-state index is 10.9. The number of H-pyrrole nitrogens is 1. The smallest absolute Gasteiger partial charge is 0.328 e. The van der Waals surface area contributed by atoms with Gasteiger partial charge in [0.05, 0.1) is 0 Å². The van der Waals surface area contributed by atoms with Gasteiger partial charge in [-0.05, 0) is 58.9 Å². The summed E-state index contributed by atoms with van der Waals surface area (Å²) in [5.41, 5.74) is 6.33. The molecule has 0 amide bonds. The molecule has 0 unspecified atom stereocenters. The van der Waals surface area contributed by atoms with E-state index in [2.05, 4.69) is 56.1 Å². The number of aromatic nitrogens is 1. The number of nitrogens with one attached hydrogen (secondary N) is 1. The zero-order valence-electron chi connectivity index (χ0n) is 15.1. The normalized spacial score (nSPS) is 12.6. The fourth-order valence-electron chi connectivity index (χ4n) is 2.96. The van der Waals surface area contributed by atoms with Gasteiger partial charge in [0.15, 0.2) is 0 Å². The van der Waals surface area contributed by atoms with Crippen LogP contribution in [0.1, 0.15) is 38.8 Å². The second-order valence-electron chi connectivity index (χ2n) is 7.48. The van der Waals surface area contributed by atoms with Crippen molar-refractivity contribution in [2.24, 2.45) is 0 Å². The largest absolute Gasteiger partial charge is 0.478 e. The molecular weight excluding hydrogens is 310 g/mol. The number of fused-ring (bicyclic) bond motifs is 1. The highest BCUT2D eigenvalue weighted by atomic mass is 16.4. The Hall–Kier alpha value is -2.81. The van der Waals surface area contributed by atoms with E-state index in [4.69, 9.17) is 5.11 Å². The Morgan fingerprint density at radius 2 is 1.84 bits per heavy atom. The molecule has 0 bridgehead atoms. The molecule has 0 aliphatic carbocycles. The van der Waals surface area contributed by atoms with Gasteiger partial charge in [0.25, 0.3) is 0 Å². The highest BCUT2D eigenvalue weighted by molar-refractivity contribution is 5.93. The van der Waals surface area contributed by atoms with Crippen LogP contribution in [0.2, 0.25) is 0 Å². The lowest BCUT2D eigenvalue weighted by Crippen LogP contribution is -2.10. The Kier molecular flexibility index (Phi) is 4.25. The molecule has 0 aliphatic heterocycles. The van der Waals surface area contributed by atoms with E-state index in [0.29, 0.717) is 0 Å². The van der Waals surface area contributed by atoms with Gasteiger partial charge in [0, 0.05) is 22.7 Å². The van der Waals surface area contributed by atoms with E-state index in [9.17, 15) is 4.79 Å². The first-order valence-electron chi connectivity index (χ1n) is 8.39. The van der Waals surface area contributed by atoms with Crippen molar-refractivity contribution in [1.29, 1.82) is 0 Å². The number of aliphatic carboxylic acids is 1. The molecule has 3 heteroatoms. The topological polar surface area (TPSA) is 53.1 Å². The number of carboxylic acid groups (broad SMARTS) is 1. The Bertz CT molecular complexity index is 971. The lowest BCUT2D eigenvalue weighted by Gasteiger charge is -2.19. The molecule has 1 heterocycles. The van der Waals surface area contributed by atoms with Crippen LogP contribution in [0.3, 0.4) is 0 Å². The van der Waals surface area contributed by atoms with Gasteiger partial charge in [0.1, 0.15) is 0 Å². The van der Waals surface area contributed by atoms with Gasteiger partial charge in [-0.1, -0.05) is 45.0 Å². The molecule has 25 heavy (non-hydrogen) atoms. The highest BCUT2D eigenvalue weighted by Gasteiger charge is 2.14. The third-order valence-electron chi connectivity index (χ3n) is 4.46. The maximum absolute atomic E-state index is 10.9. The van der Waals surface area contributed by atoms with Gasteiger partial charge < -0.3 is 10.1 Å². The van der Waals surface area contributed by atoms with Crippen LogP contribution in [0, 0.1) is 0 Å². The number of benzene rings is 2. The first-order chi connectivity index (χ1) is 11.7. The molecule has 1 aromatic heterocycles. The van der Waals surface area contributed by atoms with Crippen LogP contribution in [0.25, 0.3) is 27.7 Å². The summed E-state index contributed by atoms with van der Waals surface area (Å²) in [6.45, 7) is 8.44. The van der Waals surface area contributed by atoms with Crippen molar-refractivity contribution >= 4 is 22.4 Å². The summed E-state index contributed by atoms with van der Waals surface area (Å²) >= 11 is 0. The lowest BCUT2D eigenvalue weighted by atomic mass is 9.86. The number of hydrogen-bond donors (Lipinski definition) is 2. The number of carboxylic acids is 1. The van der Waals surface area contributed by atoms with Crippen molar-refractivity contribution in [3.63, 3.8) is 0 Å². The van der Waals surface area contributed by atoms with E-state index in [1.807, 2.05) is 25.1 Å². The predicted octanol–water partition coefficient (Wildman–Crippen LogP) is 5.62. The van der Waals surface area contributed by atoms with Crippen LogP contribution in [-0.2, 0) is 10.2 Å². The summed E-state index contributed by atoms with van der Waals surface area (Å²) in [5.74, 6) is -0.925. The van der Waals surface area contributed by atoms with Crippen LogP contribution < -0.4 is 0 Å². The van der Waals surface area contributed by atoms with Crippen molar-refractivity contribution in [3.05, 3.63) is 65.7 Å². The zero-order valence-corrected chi connectivity index (χ0v) is 15.1. The number of aromatic amines is 1. The van der Waals surface area contributed by atoms with E-state index < -0.39 is 5.97 Å². The van der Waals surface area contributed by atoms with Gasteiger partial charge in [-0.2, -0.15) is 0 Å². The van der Waals surface area contributed by atoms with Crippen LogP contribution >= 0.6 is 0 Å². The fraction of sp³-hybridized carbons (Fsp3) is 0.227. The van der Waals surface area contributed by atoms with Gasteiger partial charge in [-0.3, -0.25) is 0 Å². The maximum Gasteiger partial charge on any atom is 0.328 e. The number of carbonyl (C=O) groups is 1. The van der Waals surface area contributed by atoms with Gasteiger partial charge in [0.2, 0.25) is 0 Å². The molecule has 128 valence electrons. The van der Waals surface area contributed by atoms with Crippen LogP contribution in [-0.4, -0.2) is 16.1 Å². The van der Waals surface area contributed by atoms with Crippen LogP contribution in [0.15, 0.2) is 54.6 Å². The van der Waals surface area contributed by atoms with Crippen molar-refractivity contribution in [1.82, 2.24) is 4.98 Å². The summed E-state index contributed by atoms with van der Waals surface area (Å²) in [6.07, 6.45) is 1.24. The molecule has 3 nitrogen and oxygen atoms in total. The first kappa shape index (κ1) is 17.0. The van der Waals surface area contributed by atoms with Gasteiger partial charge in [-0.25, -0.2) is 4.79 Å². The van der Waals surface area contributed by atoms with Gasteiger partial charge in [-0.15, -0.1) is 0 Å². The molecule has 3 rings (SSSR count). The molecule has 0 fully saturated rings. The molecule has 0 saturated carbocycles. The van der Waals surface area contributed by atoms with E-state index in [1.165, 1.54) is 11.6 Å². The minimum atomic E-state index is -0.925. The van der Waals surface area contributed by atoms with E-state index in [1.54, 1.807) is 0 Å². The first-order valence-corrected chi connectivity index (χ1v) is 8.39. The van der Waals surface area contributed by atoms with Crippen LogP contribution in [0.4, 0.5) is 0 Å². The van der Waals surface area contributed by atoms with Crippen molar-refractivity contribution in [2.45, 2.75) is 33.1 Å². The van der Waals surface area contributed by atoms with E-state index in [-0.39, 0.29) is 5.41 Å². The average Bonchev–Trinajstić information content (AvgIpc) is 2.96. The Labute approximate surface area is 148 Å². The standard InChI is InChI=1S/C22H23NO2/c1-14(10-21(24)25)15-8-9-19-17(11-15)13-20(23-19)16-6-5-7-18(12-16)22(2,3)4/h5-13,23H,1-4H3,(H,24,25)/b14-10+. The Morgan fingerprint density at radius 1 is 1.08 bits per heavy atom.